The summed E-state index contributed by atoms with van der Waals surface area (Å²) >= 11 is 0. The van der Waals surface area contributed by atoms with Gasteiger partial charge >= 0.3 is 6.09 Å². The quantitative estimate of drug-likeness (QED) is 0.800. The molecule has 0 bridgehead atoms. The molecule has 27 heavy (non-hydrogen) atoms. The first-order valence-electron chi connectivity index (χ1n) is 9.00. The van der Waals surface area contributed by atoms with Gasteiger partial charge in [-0.3, -0.25) is 9.88 Å². The van der Waals surface area contributed by atoms with E-state index in [1.165, 1.54) is 0 Å². The number of benzene rings is 1. The molecule has 1 saturated heterocycles. The van der Waals surface area contributed by atoms with Crippen molar-refractivity contribution in [2.75, 3.05) is 51.8 Å². The minimum absolute atomic E-state index is 0.317. The summed E-state index contributed by atoms with van der Waals surface area (Å²) in [5.74, 6) is 1.35. The lowest BCUT2D eigenvalue weighted by molar-refractivity contribution is 0.176. The maximum atomic E-state index is 10.6. The van der Waals surface area contributed by atoms with Gasteiger partial charge in [-0.05, 0) is 19.1 Å². The van der Waals surface area contributed by atoms with E-state index in [0.717, 1.165) is 36.2 Å². The zero-order valence-corrected chi connectivity index (χ0v) is 15.9. The van der Waals surface area contributed by atoms with E-state index >= 15 is 0 Å². The molecule has 1 amide bonds. The highest BCUT2D eigenvalue weighted by Crippen LogP contribution is 2.36. The molecular weight excluding hydrogens is 348 g/mol. The number of pyridine rings is 1. The fourth-order valence-corrected chi connectivity index (χ4v) is 3.59. The molecule has 1 unspecified atom stereocenters. The van der Waals surface area contributed by atoms with Crippen molar-refractivity contribution in [3.8, 4) is 11.5 Å². The second-order valence-corrected chi connectivity index (χ2v) is 6.62. The summed E-state index contributed by atoms with van der Waals surface area (Å²) in [5, 5.41) is 12.2. The fraction of sp³-hybridized carbons (Fsp3) is 0.474. The first-order chi connectivity index (χ1) is 13.0. The molecule has 146 valence electrons. The first-order valence-corrected chi connectivity index (χ1v) is 9.00. The lowest BCUT2D eigenvalue weighted by Crippen LogP contribution is -2.53. The smallest absolute Gasteiger partial charge is 0.404 e. The second-order valence-electron chi connectivity index (χ2n) is 6.62. The minimum atomic E-state index is -0.978. The predicted molar refractivity (Wildman–Crippen MR) is 104 cm³/mol. The van der Waals surface area contributed by atoms with Crippen molar-refractivity contribution in [2.45, 2.75) is 13.0 Å². The van der Waals surface area contributed by atoms with Gasteiger partial charge in [0.25, 0.3) is 0 Å². The number of piperazine rings is 1. The largest absolute Gasteiger partial charge is 0.493 e. The number of fused-ring (bicyclic) bond motifs is 1. The van der Waals surface area contributed by atoms with Crippen LogP contribution in [0.2, 0.25) is 0 Å². The number of rotatable bonds is 6. The Morgan fingerprint density at radius 1 is 1.30 bits per heavy atom. The van der Waals surface area contributed by atoms with Gasteiger partial charge in [-0.1, -0.05) is 0 Å². The Morgan fingerprint density at radius 2 is 2.04 bits per heavy atom. The topological polar surface area (TPSA) is 87.2 Å². The van der Waals surface area contributed by atoms with Crippen molar-refractivity contribution in [3.05, 3.63) is 24.4 Å². The second kappa shape index (κ2) is 8.30. The number of carbonyl (C=O) groups is 1. The van der Waals surface area contributed by atoms with Gasteiger partial charge in [0.2, 0.25) is 0 Å². The standard InChI is InChI=1S/C19H26N4O4/c1-13-12-23(9-8-22(13)7-6-21-19(24)25)16-4-5-20-15-11-18(27-3)17(26-2)10-14(15)16/h4-5,10-11,13,21H,6-9,12H2,1-3H3,(H,24,25). The summed E-state index contributed by atoms with van der Waals surface area (Å²) in [4.78, 5) is 19.7. The van der Waals surface area contributed by atoms with Crippen LogP contribution in [0.3, 0.4) is 0 Å². The van der Waals surface area contributed by atoms with Gasteiger partial charge in [-0.25, -0.2) is 4.79 Å². The van der Waals surface area contributed by atoms with E-state index in [4.69, 9.17) is 14.6 Å². The van der Waals surface area contributed by atoms with Crippen LogP contribution in [0.4, 0.5) is 10.5 Å². The van der Waals surface area contributed by atoms with E-state index in [0.29, 0.717) is 30.6 Å². The molecule has 2 aromatic rings. The Bertz CT molecular complexity index is 814. The third kappa shape index (κ3) is 4.16. The van der Waals surface area contributed by atoms with Gasteiger partial charge < -0.3 is 24.8 Å². The molecule has 0 aliphatic carbocycles. The maximum absolute atomic E-state index is 10.6. The molecule has 2 heterocycles. The molecule has 1 aliphatic heterocycles. The number of nitrogens with zero attached hydrogens (tertiary/aromatic N) is 3. The van der Waals surface area contributed by atoms with Crippen LogP contribution in [-0.4, -0.2) is 74.1 Å². The van der Waals surface area contributed by atoms with Gasteiger partial charge in [-0.15, -0.1) is 0 Å². The number of aromatic nitrogens is 1. The Balaban J connectivity index is 1.79. The van der Waals surface area contributed by atoms with Crippen molar-refractivity contribution in [2.24, 2.45) is 0 Å². The summed E-state index contributed by atoms with van der Waals surface area (Å²) in [7, 11) is 3.25. The number of hydrogen-bond acceptors (Lipinski definition) is 6. The summed E-state index contributed by atoms with van der Waals surface area (Å²) in [6, 6.07) is 6.22. The summed E-state index contributed by atoms with van der Waals surface area (Å²) in [6.45, 7) is 5.92. The van der Waals surface area contributed by atoms with E-state index in [2.05, 4.69) is 27.0 Å². The minimum Gasteiger partial charge on any atom is -0.493 e. The molecule has 8 nitrogen and oxygen atoms in total. The summed E-state index contributed by atoms with van der Waals surface area (Å²) in [5.41, 5.74) is 1.99. The predicted octanol–water partition coefficient (Wildman–Crippen LogP) is 2.03. The maximum Gasteiger partial charge on any atom is 0.404 e. The summed E-state index contributed by atoms with van der Waals surface area (Å²) in [6.07, 6.45) is 0.839. The number of carboxylic acid groups (broad SMARTS) is 1. The molecule has 0 radical (unpaired) electrons. The highest BCUT2D eigenvalue weighted by molar-refractivity contribution is 5.94. The van der Waals surface area contributed by atoms with Crippen molar-refractivity contribution >= 4 is 22.7 Å². The zero-order valence-electron chi connectivity index (χ0n) is 15.9. The molecule has 1 aliphatic rings. The van der Waals surface area contributed by atoms with E-state index in [1.54, 1.807) is 14.2 Å². The number of amides is 1. The van der Waals surface area contributed by atoms with Crippen LogP contribution >= 0.6 is 0 Å². The van der Waals surface area contributed by atoms with Gasteiger partial charge in [-0.2, -0.15) is 0 Å². The van der Waals surface area contributed by atoms with Crippen LogP contribution < -0.4 is 19.7 Å². The van der Waals surface area contributed by atoms with E-state index in [1.807, 2.05) is 24.4 Å². The third-order valence-electron chi connectivity index (χ3n) is 5.00. The van der Waals surface area contributed by atoms with Gasteiger partial charge in [0.05, 0.1) is 19.7 Å². The van der Waals surface area contributed by atoms with E-state index < -0.39 is 6.09 Å². The van der Waals surface area contributed by atoms with Crippen LogP contribution in [0, 0.1) is 0 Å². The van der Waals surface area contributed by atoms with E-state index in [9.17, 15) is 4.79 Å². The number of methoxy groups -OCH3 is 2. The molecule has 1 aromatic heterocycles. The first kappa shape index (κ1) is 19.0. The Hall–Kier alpha value is -2.74. The molecule has 0 spiro atoms. The van der Waals surface area contributed by atoms with Gasteiger partial charge in [0, 0.05) is 62.1 Å². The Kier molecular flexibility index (Phi) is 5.85. The van der Waals surface area contributed by atoms with Crippen LogP contribution in [0.5, 0.6) is 11.5 Å². The van der Waals surface area contributed by atoms with Crippen molar-refractivity contribution < 1.29 is 19.4 Å². The molecular formula is C19H26N4O4. The van der Waals surface area contributed by atoms with Crippen LogP contribution in [0.15, 0.2) is 24.4 Å². The van der Waals surface area contributed by atoms with Gasteiger partial charge in [0.15, 0.2) is 11.5 Å². The lowest BCUT2D eigenvalue weighted by Gasteiger charge is -2.41. The monoisotopic (exact) mass is 374 g/mol. The van der Waals surface area contributed by atoms with Gasteiger partial charge in [0.1, 0.15) is 0 Å². The Morgan fingerprint density at radius 3 is 2.70 bits per heavy atom. The molecule has 2 N–H and O–H groups in total. The number of ether oxygens (including phenoxy) is 2. The molecule has 1 fully saturated rings. The number of nitrogens with one attached hydrogen (secondary N) is 1. The van der Waals surface area contributed by atoms with Crippen molar-refractivity contribution in [1.82, 2.24) is 15.2 Å². The molecule has 1 atom stereocenters. The van der Waals surface area contributed by atoms with E-state index in [-0.39, 0.29) is 0 Å². The highest BCUT2D eigenvalue weighted by Gasteiger charge is 2.25. The summed E-state index contributed by atoms with van der Waals surface area (Å²) < 4.78 is 10.8. The Labute approximate surface area is 158 Å². The van der Waals surface area contributed by atoms with Crippen molar-refractivity contribution in [1.29, 1.82) is 0 Å². The van der Waals surface area contributed by atoms with Crippen LogP contribution in [0.25, 0.3) is 10.9 Å². The molecule has 3 rings (SSSR count). The number of anilines is 1. The third-order valence-corrected chi connectivity index (χ3v) is 5.00. The number of hydrogen-bond donors (Lipinski definition) is 2. The van der Waals surface area contributed by atoms with Crippen molar-refractivity contribution in [3.63, 3.8) is 0 Å². The van der Waals surface area contributed by atoms with Crippen LogP contribution in [-0.2, 0) is 0 Å². The molecule has 1 aromatic carbocycles. The average Bonchev–Trinajstić information content (AvgIpc) is 2.67. The SMILES string of the molecule is COc1cc2nccc(N3CCN(CCNC(=O)O)C(C)C3)c2cc1OC. The highest BCUT2D eigenvalue weighted by atomic mass is 16.5. The fourth-order valence-electron chi connectivity index (χ4n) is 3.59. The van der Waals surface area contributed by atoms with Crippen LogP contribution in [0.1, 0.15) is 6.92 Å². The lowest BCUT2D eigenvalue weighted by atomic mass is 10.1. The average molecular weight is 374 g/mol. The molecule has 0 saturated carbocycles. The normalized spacial score (nSPS) is 17.7. The zero-order chi connectivity index (χ0) is 19.4. The molecule has 8 heteroatoms.